The van der Waals surface area contributed by atoms with Crippen LogP contribution in [0.25, 0.3) is 16.0 Å². The van der Waals surface area contributed by atoms with E-state index in [-0.39, 0.29) is 5.92 Å². The number of nitrogens with zero attached hydrogens (tertiary/aromatic N) is 2. The van der Waals surface area contributed by atoms with Gasteiger partial charge in [0.15, 0.2) is 5.01 Å². The summed E-state index contributed by atoms with van der Waals surface area (Å²) >= 11 is 1.52. The van der Waals surface area contributed by atoms with Crippen molar-refractivity contribution in [2.24, 2.45) is 5.92 Å². The van der Waals surface area contributed by atoms with Gasteiger partial charge >= 0.3 is 5.97 Å². The van der Waals surface area contributed by atoms with Crippen LogP contribution in [0.3, 0.4) is 0 Å². The molecule has 31 heavy (non-hydrogen) atoms. The van der Waals surface area contributed by atoms with E-state index in [0.717, 1.165) is 36.6 Å². The fourth-order valence-electron chi connectivity index (χ4n) is 3.93. The maximum absolute atomic E-state index is 11.2. The minimum atomic E-state index is -1.04. The number of aliphatic hydroxyl groups is 1. The van der Waals surface area contributed by atoms with Gasteiger partial charge in [-0.1, -0.05) is 18.1 Å². The summed E-state index contributed by atoms with van der Waals surface area (Å²) in [4.78, 5) is 19.0. The Kier molecular flexibility index (Phi) is 6.15. The van der Waals surface area contributed by atoms with Crippen LogP contribution in [0, 0.1) is 17.8 Å². The lowest BCUT2D eigenvalue weighted by atomic mass is 9.93. The van der Waals surface area contributed by atoms with Gasteiger partial charge in [-0.15, -0.1) is 11.3 Å². The van der Waals surface area contributed by atoms with Crippen LogP contribution in [-0.2, 0) is 11.3 Å². The maximum Gasteiger partial charge on any atom is 0.306 e. The van der Waals surface area contributed by atoms with Crippen LogP contribution in [0.5, 0.6) is 0 Å². The number of rotatable bonds is 4. The zero-order chi connectivity index (χ0) is 22.0. The molecule has 1 fully saturated rings. The number of hydrogen-bond donors (Lipinski definition) is 3. The van der Waals surface area contributed by atoms with Gasteiger partial charge in [-0.2, -0.15) is 0 Å². The summed E-state index contributed by atoms with van der Waals surface area (Å²) in [5, 5.41) is 23.1. The third-order valence-corrected chi connectivity index (χ3v) is 6.58. The highest BCUT2D eigenvalue weighted by atomic mass is 32.1. The van der Waals surface area contributed by atoms with E-state index in [1.54, 1.807) is 13.8 Å². The van der Waals surface area contributed by atoms with Crippen molar-refractivity contribution in [1.82, 2.24) is 15.2 Å². The van der Waals surface area contributed by atoms with Crippen LogP contribution < -0.4 is 5.32 Å². The van der Waals surface area contributed by atoms with Crippen molar-refractivity contribution in [1.29, 1.82) is 0 Å². The van der Waals surface area contributed by atoms with Crippen LogP contribution >= 0.6 is 11.3 Å². The lowest BCUT2D eigenvalue weighted by molar-refractivity contribution is -0.143. The molecular weight excluding hydrogens is 410 g/mol. The maximum atomic E-state index is 11.2. The number of fused-ring (bicyclic) bond motifs is 1. The van der Waals surface area contributed by atoms with Crippen LogP contribution in [0.2, 0.25) is 0 Å². The highest BCUT2D eigenvalue weighted by Gasteiger charge is 2.25. The average molecular weight is 438 g/mol. The number of benzene rings is 1. The molecule has 4 rings (SSSR count). The molecule has 2 aliphatic rings. The molecule has 0 atom stereocenters. The monoisotopic (exact) mass is 437 g/mol. The van der Waals surface area contributed by atoms with E-state index in [0.29, 0.717) is 17.8 Å². The summed E-state index contributed by atoms with van der Waals surface area (Å²) in [7, 11) is 0. The first kappa shape index (κ1) is 21.6. The van der Waals surface area contributed by atoms with Crippen molar-refractivity contribution in [2.75, 3.05) is 19.6 Å². The number of nitrogens with one attached hydrogen (secondary N) is 1. The van der Waals surface area contributed by atoms with E-state index in [4.69, 9.17) is 0 Å². The third-order valence-electron chi connectivity index (χ3n) is 5.62. The van der Waals surface area contributed by atoms with Crippen molar-refractivity contribution in [3.63, 3.8) is 0 Å². The van der Waals surface area contributed by atoms with Gasteiger partial charge in [0.25, 0.3) is 0 Å². The van der Waals surface area contributed by atoms with Gasteiger partial charge in [-0.25, -0.2) is 4.98 Å². The van der Waals surface area contributed by atoms with E-state index in [1.807, 2.05) is 6.20 Å². The van der Waals surface area contributed by atoms with E-state index < -0.39 is 11.6 Å². The van der Waals surface area contributed by atoms with Gasteiger partial charge in [0.2, 0.25) is 0 Å². The number of aliphatic carboxylic acids is 1. The van der Waals surface area contributed by atoms with Crippen molar-refractivity contribution in [2.45, 2.75) is 38.8 Å². The normalized spacial score (nSPS) is 17.2. The molecule has 0 unspecified atom stereocenters. The number of carboxylic acid groups (broad SMARTS) is 1. The minimum absolute atomic E-state index is 0.214. The molecule has 6 nitrogen and oxygen atoms in total. The topological polar surface area (TPSA) is 85.7 Å². The largest absolute Gasteiger partial charge is 0.481 e. The van der Waals surface area contributed by atoms with Crippen molar-refractivity contribution in [3.05, 3.63) is 46.7 Å². The predicted molar refractivity (Wildman–Crippen MR) is 122 cm³/mol. The summed E-state index contributed by atoms with van der Waals surface area (Å²) < 4.78 is 0. The molecule has 162 valence electrons. The highest BCUT2D eigenvalue weighted by molar-refractivity contribution is 7.15. The first-order valence-electron chi connectivity index (χ1n) is 10.5. The Morgan fingerprint density at radius 3 is 2.84 bits per heavy atom. The quantitative estimate of drug-likeness (QED) is 0.637. The standard InChI is InChI=1S/C24H27N3O3S/c1-24(2,30)8-5-22-26-14-21(31-22)17-3-4-18-12-25-13-19(20(18)11-17)15-27-9-6-16(7-10-27)23(28)29/h3-4,11,13-14,16,25,30H,6-7,9-10,12,15H2,1-2H3,(H,28,29). The number of piperidine rings is 1. The number of aromatic nitrogens is 1. The smallest absolute Gasteiger partial charge is 0.306 e. The minimum Gasteiger partial charge on any atom is -0.481 e. The van der Waals surface area contributed by atoms with E-state index >= 15 is 0 Å². The third kappa shape index (κ3) is 5.34. The van der Waals surface area contributed by atoms with Crippen molar-refractivity contribution < 1.29 is 15.0 Å². The fraction of sp³-hybridized carbons (Fsp3) is 0.417. The number of hydrogen-bond acceptors (Lipinski definition) is 6. The Balaban J connectivity index is 1.51. The number of carbonyl (C=O) groups is 1. The van der Waals surface area contributed by atoms with Gasteiger partial charge in [-0.05, 0) is 74.0 Å². The molecule has 0 aliphatic carbocycles. The van der Waals surface area contributed by atoms with Gasteiger partial charge in [-0.3, -0.25) is 9.69 Å². The van der Waals surface area contributed by atoms with Gasteiger partial charge in [0.1, 0.15) is 5.60 Å². The van der Waals surface area contributed by atoms with Crippen LogP contribution in [0.1, 0.15) is 42.8 Å². The molecule has 1 aromatic carbocycles. The molecule has 1 aromatic heterocycles. The van der Waals surface area contributed by atoms with E-state index in [2.05, 4.69) is 51.4 Å². The molecule has 3 N–H and O–H groups in total. The highest BCUT2D eigenvalue weighted by Crippen LogP contribution is 2.32. The van der Waals surface area contributed by atoms with E-state index in [9.17, 15) is 15.0 Å². The Hall–Kier alpha value is -2.66. The second kappa shape index (κ2) is 8.83. The molecule has 0 amide bonds. The lowest BCUT2D eigenvalue weighted by Crippen LogP contribution is -2.37. The van der Waals surface area contributed by atoms with Crippen molar-refractivity contribution in [3.8, 4) is 22.3 Å². The fourth-order valence-corrected chi connectivity index (χ4v) is 4.69. The molecule has 2 aromatic rings. The van der Waals surface area contributed by atoms with Crippen molar-refractivity contribution >= 4 is 22.9 Å². The average Bonchev–Trinajstić information content (AvgIpc) is 3.21. The molecular formula is C24H27N3O3S. The first-order valence-corrected chi connectivity index (χ1v) is 11.3. The number of carboxylic acids is 1. The second-order valence-corrected chi connectivity index (χ2v) is 9.68. The number of thiazole rings is 1. The predicted octanol–water partition coefficient (Wildman–Crippen LogP) is 3.17. The Morgan fingerprint density at radius 2 is 2.13 bits per heavy atom. The van der Waals surface area contributed by atoms with Crippen LogP contribution in [-0.4, -0.2) is 51.3 Å². The molecule has 3 heterocycles. The Morgan fingerprint density at radius 1 is 1.35 bits per heavy atom. The lowest BCUT2D eigenvalue weighted by Gasteiger charge is -2.32. The second-order valence-electron chi connectivity index (χ2n) is 8.65. The zero-order valence-electron chi connectivity index (χ0n) is 17.8. The van der Waals surface area contributed by atoms with Crippen LogP contribution in [0.4, 0.5) is 0 Å². The van der Waals surface area contributed by atoms with E-state index in [1.165, 1.54) is 28.0 Å². The van der Waals surface area contributed by atoms with Gasteiger partial charge in [0, 0.05) is 25.5 Å². The molecule has 7 heteroatoms. The Bertz CT molecular complexity index is 1060. The molecule has 2 aliphatic heterocycles. The first-order chi connectivity index (χ1) is 14.8. The number of likely N-dealkylation sites (tertiary alicyclic amines) is 1. The summed E-state index contributed by atoms with van der Waals surface area (Å²) in [5.74, 6) is 4.87. The molecule has 0 spiro atoms. The zero-order valence-corrected chi connectivity index (χ0v) is 18.6. The molecule has 0 radical (unpaired) electrons. The Labute approximate surface area is 186 Å². The SMILES string of the molecule is CC(C)(O)C#Cc1ncc(-c2ccc3c(c2)C(CN2CCC(C(=O)O)CC2)=CNC3)s1. The molecule has 0 saturated carbocycles. The van der Waals surface area contributed by atoms with Gasteiger partial charge in [0.05, 0.1) is 10.8 Å². The van der Waals surface area contributed by atoms with Crippen LogP contribution in [0.15, 0.2) is 30.6 Å². The summed E-state index contributed by atoms with van der Waals surface area (Å²) in [6.07, 6.45) is 5.33. The molecule has 1 saturated heterocycles. The molecule has 0 bridgehead atoms. The summed E-state index contributed by atoms with van der Waals surface area (Å²) in [6, 6.07) is 6.48. The summed E-state index contributed by atoms with van der Waals surface area (Å²) in [6.45, 7) is 6.53. The summed E-state index contributed by atoms with van der Waals surface area (Å²) in [5.41, 5.74) is 3.78. The van der Waals surface area contributed by atoms with Gasteiger partial charge < -0.3 is 15.5 Å².